The molecule has 1 atom stereocenters. The standard InChI is InChI=1S/C13H17NO2/c1-11-6-5-9-14(11)13(15)16-10-12-7-3-2-4-8-12/h2-4,7-8,11H,5-6,9-10H2,1H3/t11-/m0/s1. The number of benzene rings is 1. The Kier molecular flexibility index (Phi) is 3.44. The molecule has 16 heavy (non-hydrogen) atoms. The van der Waals surface area contributed by atoms with E-state index in [9.17, 15) is 4.79 Å². The average molecular weight is 219 g/mol. The zero-order valence-corrected chi connectivity index (χ0v) is 9.56. The molecule has 3 nitrogen and oxygen atoms in total. The minimum Gasteiger partial charge on any atom is -0.445 e. The van der Waals surface area contributed by atoms with Crippen LogP contribution in [0.4, 0.5) is 4.79 Å². The van der Waals surface area contributed by atoms with Crippen LogP contribution in [0.2, 0.25) is 0 Å². The van der Waals surface area contributed by atoms with Crippen LogP contribution in [0.5, 0.6) is 0 Å². The quantitative estimate of drug-likeness (QED) is 0.765. The molecule has 0 spiro atoms. The van der Waals surface area contributed by atoms with Gasteiger partial charge in [0.1, 0.15) is 6.61 Å². The highest BCUT2D eigenvalue weighted by molar-refractivity contribution is 5.68. The summed E-state index contributed by atoms with van der Waals surface area (Å²) in [5.74, 6) is 0. The summed E-state index contributed by atoms with van der Waals surface area (Å²) in [6, 6.07) is 10.1. The van der Waals surface area contributed by atoms with Crippen molar-refractivity contribution in [2.45, 2.75) is 32.4 Å². The van der Waals surface area contributed by atoms with Crippen molar-refractivity contribution in [2.24, 2.45) is 0 Å². The Morgan fingerprint density at radius 2 is 2.19 bits per heavy atom. The maximum atomic E-state index is 11.7. The number of carbonyl (C=O) groups excluding carboxylic acids is 1. The summed E-state index contributed by atoms with van der Waals surface area (Å²) in [7, 11) is 0. The highest BCUT2D eigenvalue weighted by Gasteiger charge is 2.25. The number of amides is 1. The zero-order valence-electron chi connectivity index (χ0n) is 9.56. The summed E-state index contributed by atoms with van der Waals surface area (Å²) in [6.45, 7) is 3.26. The van der Waals surface area contributed by atoms with Crippen LogP contribution in [0.15, 0.2) is 30.3 Å². The molecule has 1 aromatic carbocycles. The Balaban J connectivity index is 1.84. The third-order valence-electron chi connectivity index (χ3n) is 2.99. The van der Waals surface area contributed by atoms with E-state index in [0.29, 0.717) is 12.6 Å². The van der Waals surface area contributed by atoms with Crippen LogP contribution in [-0.4, -0.2) is 23.6 Å². The molecule has 1 aromatic rings. The van der Waals surface area contributed by atoms with Gasteiger partial charge in [-0.1, -0.05) is 30.3 Å². The maximum absolute atomic E-state index is 11.7. The van der Waals surface area contributed by atoms with Gasteiger partial charge >= 0.3 is 6.09 Å². The van der Waals surface area contributed by atoms with Gasteiger partial charge in [-0.15, -0.1) is 0 Å². The lowest BCUT2D eigenvalue weighted by atomic mass is 10.2. The Bertz CT molecular complexity index is 350. The number of carbonyl (C=O) groups is 1. The van der Waals surface area contributed by atoms with Gasteiger partial charge < -0.3 is 9.64 Å². The van der Waals surface area contributed by atoms with Crippen molar-refractivity contribution in [3.05, 3.63) is 35.9 Å². The highest BCUT2D eigenvalue weighted by Crippen LogP contribution is 2.17. The smallest absolute Gasteiger partial charge is 0.410 e. The lowest BCUT2D eigenvalue weighted by Gasteiger charge is -2.20. The second-order valence-corrected chi connectivity index (χ2v) is 4.22. The number of rotatable bonds is 2. The molecule has 0 saturated carbocycles. The van der Waals surface area contributed by atoms with E-state index in [1.807, 2.05) is 35.2 Å². The molecule has 0 radical (unpaired) electrons. The van der Waals surface area contributed by atoms with Crippen LogP contribution in [0, 0.1) is 0 Å². The molecule has 0 aromatic heterocycles. The van der Waals surface area contributed by atoms with Crippen LogP contribution in [0.25, 0.3) is 0 Å². The van der Waals surface area contributed by atoms with Crippen molar-refractivity contribution in [3.8, 4) is 0 Å². The minimum absolute atomic E-state index is 0.186. The predicted octanol–water partition coefficient (Wildman–Crippen LogP) is 2.81. The van der Waals surface area contributed by atoms with Crippen LogP contribution in [-0.2, 0) is 11.3 Å². The van der Waals surface area contributed by atoms with Crippen molar-refractivity contribution in [1.29, 1.82) is 0 Å². The molecule has 3 heteroatoms. The molecule has 1 fully saturated rings. The van der Waals surface area contributed by atoms with Crippen molar-refractivity contribution in [3.63, 3.8) is 0 Å². The third kappa shape index (κ3) is 2.54. The summed E-state index contributed by atoms with van der Waals surface area (Å²) < 4.78 is 5.27. The summed E-state index contributed by atoms with van der Waals surface area (Å²) >= 11 is 0. The predicted molar refractivity (Wildman–Crippen MR) is 62.0 cm³/mol. The van der Waals surface area contributed by atoms with Gasteiger partial charge in [0, 0.05) is 12.6 Å². The van der Waals surface area contributed by atoms with Crippen LogP contribution in [0.1, 0.15) is 25.3 Å². The monoisotopic (exact) mass is 219 g/mol. The zero-order chi connectivity index (χ0) is 11.4. The van der Waals surface area contributed by atoms with E-state index in [4.69, 9.17) is 4.74 Å². The van der Waals surface area contributed by atoms with Crippen molar-refractivity contribution in [2.75, 3.05) is 6.54 Å². The number of hydrogen-bond acceptors (Lipinski definition) is 2. The lowest BCUT2D eigenvalue weighted by Crippen LogP contribution is -2.33. The first kappa shape index (κ1) is 11.0. The molecule has 0 bridgehead atoms. The van der Waals surface area contributed by atoms with Gasteiger partial charge in [0.15, 0.2) is 0 Å². The fourth-order valence-electron chi connectivity index (χ4n) is 2.01. The van der Waals surface area contributed by atoms with E-state index >= 15 is 0 Å². The van der Waals surface area contributed by atoms with Crippen LogP contribution >= 0.6 is 0 Å². The molecule has 2 rings (SSSR count). The first-order valence-corrected chi connectivity index (χ1v) is 5.74. The van der Waals surface area contributed by atoms with E-state index in [1.54, 1.807) is 0 Å². The Hall–Kier alpha value is -1.51. The fourth-order valence-corrected chi connectivity index (χ4v) is 2.01. The topological polar surface area (TPSA) is 29.5 Å². The van der Waals surface area contributed by atoms with Gasteiger partial charge in [-0.25, -0.2) is 4.79 Å². The average Bonchev–Trinajstić information content (AvgIpc) is 2.74. The summed E-state index contributed by atoms with van der Waals surface area (Å²) in [5, 5.41) is 0. The molecule has 0 unspecified atom stereocenters. The van der Waals surface area contributed by atoms with Gasteiger partial charge in [0.25, 0.3) is 0 Å². The first-order valence-electron chi connectivity index (χ1n) is 5.74. The number of nitrogens with zero attached hydrogens (tertiary/aromatic N) is 1. The largest absolute Gasteiger partial charge is 0.445 e. The van der Waals surface area contributed by atoms with Crippen LogP contribution in [0.3, 0.4) is 0 Å². The number of hydrogen-bond donors (Lipinski definition) is 0. The SMILES string of the molecule is C[C@H]1CCCN1C(=O)OCc1ccccc1. The third-order valence-corrected chi connectivity index (χ3v) is 2.99. The van der Waals surface area contributed by atoms with Crippen molar-refractivity contribution >= 4 is 6.09 Å². The maximum Gasteiger partial charge on any atom is 0.410 e. The van der Waals surface area contributed by atoms with Gasteiger partial charge in [-0.3, -0.25) is 0 Å². The first-order chi connectivity index (χ1) is 7.77. The molecule has 1 amide bonds. The second-order valence-electron chi connectivity index (χ2n) is 4.22. The Labute approximate surface area is 96.0 Å². The molecule has 86 valence electrons. The van der Waals surface area contributed by atoms with E-state index in [2.05, 4.69) is 6.92 Å². The van der Waals surface area contributed by atoms with E-state index in [0.717, 1.165) is 24.9 Å². The Morgan fingerprint density at radius 1 is 1.44 bits per heavy atom. The van der Waals surface area contributed by atoms with Gasteiger partial charge in [-0.05, 0) is 25.3 Å². The molecular formula is C13H17NO2. The number of ether oxygens (including phenoxy) is 1. The van der Waals surface area contributed by atoms with E-state index in [1.165, 1.54) is 0 Å². The molecule has 1 saturated heterocycles. The lowest BCUT2D eigenvalue weighted by molar-refractivity contribution is 0.0944. The van der Waals surface area contributed by atoms with Crippen molar-refractivity contribution in [1.82, 2.24) is 4.90 Å². The van der Waals surface area contributed by atoms with Gasteiger partial charge in [0.05, 0.1) is 0 Å². The molecule has 1 heterocycles. The summed E-state index contributed by atoms with van der Waals surface area (Å²) in [5.41, 5.74) is 1.03. The summed E-state index contributed by atoms with van der Waals surface area (Å²) in [6.07, 6.45) is 1.98. The molecule has 0 aliphatic carbocycles. The molecule has 0 N–H and O–H groups in total. The highest BCUT2D eigenvalue weighted by atomic mass is 16.6. The molecule has 1 aliphatic heterocycles. The van der Waals surface area contributed by atoms with E-state index < -0.39 is 0 Å². The second kappa shape index (κ2) is 5.01. The normalized spacial score (nSPS) is 19.8. The fraction of sp³-hybridized carbons (Fsp3) is 0.462. The number of likely N-dealkylation sites (tertiary alicyclic amines) is 1. The minimum atomic E-state index is -0.186. The van der Waals surface area contributed by atoms with Gasteiger partial charge in [0.2, 0.25) is 0 Å². The van der Waals surface area contributed by atoms with E-state index in [-0.39, 0.29) is 6.09 Å². The van der Waals surface area contributed by atoms with Crippen LogP contribution < -0.4 is 0 Å². The van der Waals surface area contributed by atoms with Crippen molar-refractivity contribution < 1.29 is 9.53 Å². The molecule has 1 aliphatic rings. The molecular weight excluding hydrogens is 202 g/mol. The Morgan fingerprint density at radius 3 is 2.81 bits per heavy atom. The summed E-state index contributed by atoms with van der Waals surface area (Å²) in [4.78, 5) is 13.5. The van der Waals surface area contributed by atoms with Gasteiger partial charge in [-0.2, -0.15) is 0 Å².